The molecule has 2 heterocycles. The van der Waals surface area contributed by atoms with Crippen molar-refractivity contribution in [3.05, 3.63) is 47.4 Å². The molecular formula is C11H8ClN3O2. The number of hydrogen-bond donors (Lipinski definition) is 2. The Balaban J connectivity index is 2.20. The molecule has 0 aliphatic carbocycles. The molecule has 0 bridgehead atoms. The van der Waals surface area contributed by atoms with Crippen molar-refractivity contribution in [3.63, 3.8) is 0 Å². The van der Waals surface area contributed by atoms with E-state index < -0.39 is 5.91 Å². The first-order chi connectivity index (χ1) is 8.16. The molecule has 0 saturated carbocycles. The topological polar surface area (TPSA) is 75.1 Å². The summed E-state index contributed by atoms with van der Waals surface area (Å²) in [6.45, 7) is 0. The normalized spacial score (nSPS) is 9.94. The number of rotatable bonds is 2. The lowest BCUT2D eigenvalue weighted by Gasteiger charge is -2.05. The van der Waals surface area contributed by atoms with E-state index in [1.54, 1.807) is 12.1 Å². The van der Waals surface area contributed by atoms with Crippen LogP contribution < -0.4 is 5.32 Å². The molecule has 86 valence electrons. The number of pyridine rings is 2. The molecule has 2 rings (SSSR count). The van der Waals surface area contributed by atoms with E-state index in [2.05, 4.69) is 15.3 Å². The zero-order chi connectivity index (χ0) is 12.3. The van der Waals surface area contributed by atoms with Gasteiger partial charge in [-0.15, -0.1) is 0 Å². The lowest BCUT2D eigenvalue weighted by atomic mass is 10.3. The van der Waals surface area contributed by atoms with Crippen molar-refractivity contribution in [2.45, 2.75) is 0 Å². The second-order valence-corrected chi connectivity index (χ2v) is 3.62. The maximum atomic E-state index is 11.7. The van der Waals surface area contributed by atoms with Crippen molar-refractivity contribution in [3.8, 4) is 5.75 Å². The van der Waals surface area contributed by atoms with Gasteiger partial charge in [0.05, 0.1) is 0 Å². The lowest BCUT2D eigenvalue weighted by Crippen LogP contribution is -2.14. The largest absolute Gasteiger partial charge is 0.504 e. The van der Waals surface area contributed by atoms with Crippen LogP contribution in [-0.2, 0) is 0 Å². The van der Waals surface area contributed by atoms with Crippen molar-refractivity contribution in [2.75, 3.05) is 5.32 Å². The minimum absolute atomic E-state index is 0.0827. The van der Waals surface area contributed by atoms with Gasteiger partial charge in [-0.25, -0.2) is 4.98 Å². The summed E-state index contributed by atoms with van der Waals surface area (Å²) in [6.07, 6.45) is 2.89. The van der Waals surface area contributed by atoms with Gasteiger partial charge in [-0.05, 0) is 24.3 Å². The van der Waals surface area contributed by atoms with Gasteiger partial charge in [0.1, 0.15) is 5.69 Å². The van der Waals surface area contributed by atoms with Crippen LogP contribution in [0.3, 0.4) is 0 Å². The Hall–Kier alpha value is -2.14. The Morgan fingerprint density at radius 1 is 1.29 bits per heavy atom. The van der Waals surface area contributed by atoms with Crippen LogP contribution in [0.25, 0.3) is 0 Å². The number of anilines is 1. The van der Waals surface area contributed by atoms with Crippen LogP contribution in [0, 0.1) is 0 Å². The third-order valence-electron chi connectivity index (χ3n) is 1.97. The molecule has 0 aliphatic rings. The zero-order valence-corrected chi connectivity index (χ0v) is 9.35. The van der Waals surface area contributed by atoms with Crippen LogP contribution >= 0.6 is 11.6 Å². The van der Waals surface area contributed by atoms with E-state index in [9.17, 15) is 9.90 Å². The number of nitrogens with zero attached hydrogens (tertiary/aromatic N) is 2. The second kappa shape index (κ2) is 4.80. The molecule has 0 aliphatic heterocycles. The lowest BCUT2D eigenvalue weighted by molar-refractivity contribution is 0.102. The number of carbonyl (C=O) groups is 1. The van der Waals surface area contributed by atoms with Crippen LogP contribution in [0.15, 0.2) is 36.7 Å². The van der Waals surface area contributed by atoms with E-state index >= 15 is 0 Å². The van der Waals surface area contributed by atoms with Crippen LogP contribution in [0.2, 0.25) is 5.02 Å². The molecule has 0 fully saturated rings. The first kappa shape index (κ1) is 11.3. The molecule has 2 N–H and O–H groups in total. The van der Waals surface area contributed by atoms with E-state index in [-0.39, 0.29) is 17.3 Å². The molecule has 1 amide bonds. The summed E-state index contributed by atoms with van der Waals surface area (Å²) < 4.78 is 0. The third kappa shape index (κ3) is 2.70. The van der Waals surface area contributed by atoms with E-state index in [4.69, 9.17) is 11.6 Å². The maximum absolute atomic E-state index is 11.7. The number of aromatic nitrogens is 2. The Labute approximate surface area is 102 Å². The van der Waals surface area contributed by atoms with Crippen molar-refractivity contribution in [2.24, 2.45) is 0 Å². The summed E-state index contributed by atoms with van der Waals surface area (Å²) >= 11 is 5.74. The number of amides is 1. The molecule has 0 spiro atoms. The van der Waals surface area contributed by atoms with Gasteiger partial charge >= 0.3 is 0 Å². The highest BCUT2D eigenvalue weighted by atomic mass is 35.5. The average molecular weight is 250 g/mol. The minimum atomic E-state index is -0.485. The molecule has 0 atom stereocenters. The number of halogens is 1. The molecule has 5 nitrogen and oxygen atoms in total. The highest BCUT2D eigenvalue weighted by Crippen LogP contribution is 2.19. The molecule has 6 heteroatoms. The zero-order valence-electron chi connectivity index (χ0n) is 8.59. The standard InChI is InChI=1S/C11H8ClN3O2/c12-7-3-5-13-8(6-7)11(17)15-10-9(16)2-1-4-14-10/h1-6,16H,(H,14,15,17). The van der Waals surface area contributed by atoms with Crippen molar-refractivity contribution in [1.29, 1.82) is 0 Å². The Kier molecular flexibility index (Phi) is 3.20. The summed E-state index contributed by atoms with van der Waals surface area (Å²) in [7, 11) is 0. The van der Waals surface area contributed by atoms with Crippen LogP contribution in [0.5, 0.6) is 5.75 Å². The molecule has 17 heavy (non-hydrogen) atoms. The summed E-state index contributed by atoms with van der Waals surface area (Å²) in [6, 6.07) is 5.98. The summed E-state index contributed by atoms with van der Waals surface area (Å²) in [5, 5.41) is 12.3. The highest BCUT2D eigenvalue weighted by molar-refractivity contribution is 6.30. The SMILES string of the molecule is O=C(Nc1ncccc1O)c1cc(Cl)ccn1. The Morgan fingerprint density at radius 3 is 2.82 bits per heavy atom. The number of aromatic hydroxyl groups is 1. The average Bonchev–Trinajstić information content (AvgIpc) is 2.32. The van der Waals surface area contributed by atoms with E-state index in [1.165, 1.54) is 24.5 Å². The van der Waals surface area contributed by atoms with Crippen LogP contribution in [0.1, 0.15) is 10.5 Å². The smallest absolute Gasteiger partial charge is 0.275 e. The molecular weight excluding hydrogens is 242 g/mol. The Morgan fingerprint density at radius 2 is 2.12 bits per heavy atom. The fourth-order valence-electron chi connectivity index (χ4n) is 1.19. The monoisotopic (exact) mass is 249 g/mol. The van der Waals surface area contributed by atoms with Crippen LogP contribution in [0.4, 0.5) is 5.82 Å². The summed E-state index contributed by atoms with van der Waals surface area (Å²) in [5.41, 5.74) is 0.155. The molecule has 0 unspecified atom stereocenters. The Bertz CT molecular complexity index is 560. The summed E-state index contributed by atoms with van der Waals surface area (Å²) in [4.78, 5) is 19.4. The van der Waals surface area contributed by atoms with Gasteiger partial charge in [-0.2, -0.15) is 0 Å². The third-order valence-corrected chi connectivity index (χ3v) is 2.21. The van der Waals surface area contributed by atoms with Gasteiger partial charge in [0.25, 0.3) is 5.91 Å². The first-order valence-corrected chi connectivity index (χ1v) is 5.11. The van der Waals surface area contributed by atoms with E-state index in [1.807, 2.05) is 0 Å². The predicted molar refractivity (Wildman–Crippen MR) is 63.1 cm³/mol. The predicted octanol–water partition coefficient (Wildman–Crippen LogP) is 2.09. The van der Waals surface area contributed by atoms with E-state index in [0.29, 0.717) is 5.02 Å². The number of nitrogens with one attached hydrogen (secondary N) is 1. The second-order valence-electron chi connectivity index (χ2n) is 3.18. The number of carbonyl (C=O) groups excluding carboxylic acids is 1. The van der Waals surface area contributed by atoms with Gasteiger partial charge in [-0.1, -0.05) is 11.6 Å². The van der Waals surface area contributed by atoms with Gasteiger partial charge < -0.3 is 10.4 Å². The van der Waals surface area contributed by atoms with Gasteiger partial charge in [0, 0.05) is 17.4 Å². The van der Waals surface area contributed by atoms with Crippen molar-refractivity contribution >= 4 is 23.3 Å². The quantitative estimate of drug-likeness (QED) is 0.855. The van der Waals surface area contributed by atoms with Crippen LogP contribution in [-0.4, -0.2) is 21.0 Å². The molecule has 2 aromatic heterocycles. The summed E-state index contributed by atoms with van der Waals surface area (Å²) in [5.74, 6) is -0.511. The molecule has 0 saturated heterocycles. The fourth-order valence-corrected chi connectivity index (χ4v) is 1.35. The van der Waals surface area contributed by atoms with Crippen molar-refractivity contribution in [1.82, 2.24) is 9.97 Å². The maximum Gasteiger partial charge on any atom is 0.275 e. The molecule has 2 aromatic rings. The van der Waals surface area contributed by atoms with Crippen molar-refractivity contribution < 1.29 is 9.90 Å². The number of hydrogen-bond acceptors (Lipinski definition) is 4. The molecule has 0 aromatic carbocycles. The molecule has 0 radical (unpaired) electrons. The minimum Gasteiger partial charge on any atom is -0.504 e. The first-order valence-electron chi connectivity index (χ1n) is 4.74. The van der Waals surface area contributed by atoms with Gasteiger partial charge in [0.2, 0.25) is 0 Å². The fraction of sp³-hybridized carbons (Fsp3) is 0. The van der Waals surface area contributed by atoms with Gasteiger partial charge in [-0.3, -0.25) is 9.78 Å². The van der Waals surface area contributed by atoms with Gasteiger partial charge in [0.15, 0.2) is 11.6 Å². The van der Waals surface area contributed by atoms with E-state index in [0.717, 1.165) is 0 Å². The highest BCUT2D eigenvalue weighted by Gasteiger charge is 2.10.